The lowest BCUT2D eigenvalue weighted by molar-refractivity contribution is 0.125. The Morgan fingerprint density at radius 3 is 2.43 bits per heavy atom. The van der Waals surface area contributed by atoms with Gasteiger partial charge < -0.3 is 4.74 Å². The molecule has 0 bridgehead atoms. The lowest BCUT2D eigenvalue weighted by Crippen LogP contribution is -1.94. The summed E-state index contributed by atoms with van der Waals surface area (Å²) in [5, 5.41) is 0. The summed E-state index contributed by atoms with van der Waals surface area (Å²) in [5.74, 6) is 0. The van der Waals surface area contributed by atoms with E-state index in [1.165, 1.54) is 12.8 Å². The lowest BCUT2D eigenvalue weighted by Gasteiger charge is -1.94. The summed E-state index contributed by atoms with van der Waals surface area (Å²) in [4.78, 5) is 0. The van der Waals surface area contributed by atoms with Gasteiger partial charge in [0.15, 0.2) is 0 Å². The third kappa shape index (κ3) is 2.49. The van der Waals surface area contributed by atoms with E-state index in [4.69, 9.17) is 4.74 Å². The van der Waals surface area contributed by atoms with Gasteiger partial charge in [-0.2, -0.15) is 0 Å². The van der Waals surface area contributed by atoms with E-state index in [-0.39, 0.29) is 24.0 Å². The highest BCUT2D eigenvalue weighted by molar-refractivity contribution is 14.0. The zero-order chi connectivity index (χ0) is 4.41. The quantitative estimate of drug-likeness (QED) is 0.558. The fourth-order valence-electron chi connectivity index (χ4n) is 0.739. The van der Waals surface area contributed by atoms with Gasteiger partial charge in [0.1, 0.15) is 0 Å². The molecule has 0 spiro atoms. The van der Waals surface area contributed by atoms with Gasteiger partial charge in [0.25, 0.3) is 0 Å². The molecule has 0 aromatic carbocycles. The van der Waals surface area contributed by atoms with Crippen molar-refractivity contribution in [3.05, 3.63) is 0 Å². The largest absolute Gasteiger partial charge is 0.379 e. The Morgan fingerprint density at radius 1 is 1.57 bits per heavy atom. The Hall–Kier alpha value is 0.690. The van der Waals surface area contributed by atoms with Crippen LogP contribution in [0.5, 0.6) is 0 Å². The zero-order valence-corrected chi connectivity index (χ0v) is 6.85. The second-order valence-corrected chi connectivity index (χ2v) is 1.82. The van der Waals surface area contributed by atoms with E-state index in [9.17, 15) is 0 Å². The predicted octanol–water partition coefficient (Wildman–Crippen LogP) is 1.80. The Bertz CT molecular complexity index is 41.3. The lowest BCUT2D eigenvalue weighted by atomic mass is 10.3. The molecular formula is C5H11IO. The van der Waals surface area contributed by atoms with Gasteiger partial charge in [0, 0.05) is 6.61 Å². The van der Waals surface area contributed by atoms with E-state index in [0.717, 1.165) is 6.61 Å². The van der Waals surface area contributed by atoms with E-state index < -0.39 is 0 Å². The molecule has 1 heterocycles. The van der Waals surface area contributed by atoms with Crippen LogP contribution in [-0.4, -0.2) is 12.7 Å². The van der Waals surface area contributed by atoms with Gasteiger partial charge in [-0.15, -0.1) is 24.0 Å². The van der Waals surface area contributed by atoms with Gasteiger partial charge >= 0.3 is 0 Å². The van der Waals surface area contributed by atoms with E-state index in [0.29, 0.717) is 6.10 Å². The van der Waals surface area contributed by atoms with Crippen molar-refractivity contribution in [2.75, 3.05) is 6.61 Å². The highest BCUT2D eigenvalue weighted by Crippen LogP contribution is 2.09. The maximum atomic E-state index is 5.15. The summed E-state index contributed by atoms with van der Waals surface area (Å²) in [6.07, 6.45) is 3.08. The normalized spacial score (nSPS) is 29.6. The van der Waals surface area contributed by atoms with Gasteiger partial charge in [-0.25, -0.2) is 0 Å². The van der Waals surface area contributed by atoms with Gasteiger partial charge in [-0.05, 0) is 19.8 Å². The third-order valence-corrected chi connectivity index (χ3v) is 1.16. The molecule has 1 nitrogen and oxygen atoms in total. The summed E-state index contributed by atoms with van der Waals surface area (Å²) in [7, 11) is 0. The van der Waals surface area contributed by atoms with Crippen LogP contribution in [0.1, 0.15) is 19.8 Å². The van der Waals surface area contributed by atoms with E-state index in [1.54, 1.807) is 0 Å². The van der Waals surface area contributed by atoms with Crippen LogP contribution in [0, 0.1) is 0 Å². The van der Waals surface area contributed by atoms with E-state index in [1.807, 2.05) is 0 Å². The van der Waals surface area contributed by atoms with Gasteiger partial charge in [0.2, 0.25) is 0 Å². The van der Waals surface area contributed by atoms with Gasteiger partial charge in [-0.3, -0.25) is 0 Å². The average molecular weight is 214 g/mol. The van der Waals surface area contributed by atoms with Crippen molar-refractivity contribution in [3.63, 3.8) is 0 Å². The maximum Gasteiger partial charge on any atom is 0.0547 e. The van der Waals surface area contributed by atoms with Crippen molar-refractivity contribution in [1.82, 2.24) is 0 Å². The van der Waals surface area contributed by atoms with Crippen LogP contribution in [0.3, 0.4) is 0 Å². The van der Waals surface area contributed by atoms with Gasteiger partial charge in [0.05, 0.1) is 6.10 Å². The fourth-order valence-corrected chi connectivity index (χ4v) is 0.739. The zero-order valence-electron chi connectivity index (χ0n) is 4.52. The predicted molar refractivity (Wildman–Crippen MR) is 40.1 cm³/mol. The molecule has 0 radical (unpaired) electrons. The van der Waals surface area contributed by atoms with Crippen LogP contribution < -0.4 is 0 Å². The summed E-state index contributed by atoms with van der Waals surface area (Å²) in [6.45, 7) is 3.11. The highest BCUT2D eigenvalue weighted by atomic mass is 127. The van der Waals surface area contributed by atoms with Crippen LogP contribution in [-0.2, 0) is 4.74 Å². The average Bonchev–Trinajstić information content (AvgIpc) is 1.86. The van der Waals surface area contributed by atoms with Crippen molar-refractivity contribution in [2.45, 2.75) is 25.9 Å². The second-order valence-electron chi connectivity index (χ2n) is 1.82. The van der Waals surface area contributed by atoms with E-state index in [2.05, 4.69) is 6.92 Å². The topological polar surface area (TPSA) is 9.23 Å². The SMILES string of the molecule is CC1CCCO1.I. The molecule has 0 amide bonds. The second kappa shape index (κ2) is 3.66. The Balaban J connectivity index is 0.000000360. The molecule has 1 aliphatic rings. The Labute approximate surface area is 61.5 Å². The summed E-state index contributed by atoms with van der Waals surface area (Å²) < 4.78 is 5.15. The maximum absolute atomic E-state index is 5.15. The number of rotatable bonds is 0. The molecule has 0 aliphatic carbocycles. The number of hydrogen-bond acceptors (Lipinski definition) is 1. The smallest absolute Gasteiger partial charge is 0.0547 e. The molecular weight excluding hydrogens is 203 g/mol. The number of halogens is 1. The first-order valence-corrected chi connectivity index (χ1v) is 2.51. The highest BCUT2D eigenvalue weighted by Gasteiger charge is 2.07. The van der Waals surface area contributed by atoms with Crippen LogP contribution in [0.15, 0.2) is 0 Å². The molecule has 0 aromatic rings. The van der Waals surface area contributed by atoms with Gasteiger partial charge in [-0.1, -0.05) is 0 Å². The Kier molecular flexibility index (Phi) is 4.02. The molecule has 1 unspecified atom stereocenters. The summed E-state index contributed by atoms with van der Waals surface area (Å²) in [6, 6.07) is 0. The molecule has 0 N–H and O–H groups in total. The minimum atomic E-state index is 0. The monoisotopic (exact) mass is 214 g/mol. The molecule has 1 fully saturated rings. The number of hydrogen-bond donors (Lipinski definition) is 0. The first-order valence-electron chi connectivity index (χ1n) is 2.51. The molecule has 2 heteroatoms. The molecule has 1 rings (SSSR count). The van der Waals surface area contributed by atoms with E-state index >= 15 is 0 Å². The molecule has 44 valence electrons. The first kappa shape index (κ1) is 7.69. The molecule has 0 aromatic heterocycles. The molecule has 0 saturated carbocycles. The standard InChI is InChI=1S/C5H10O.HI/c1-5-3-2-4-6-5;/h5H,2-4H2,1H3;1H. The van der Waals surface area contributed by atoms with Crippen LogP contribution in [0.25, 0.3) is 0 Å². The molecule has 7 heavy (non-hydrogen) atoms. The summed E-state index contributed by atoms with van der Waals surface area (Å²) in [5.41, 5.74) is 0. The molecule has 1 saturated heterocycles. The Morgan fingerprint density at radius 2 is 2.29 bits per heavy atom. The third-order valence-electron chi connectivity index (χ3n) is 1.16. The van der Waals surface area contributed by atoms with Crippen LogP contribution in [0.4, 0.5) is 0 Å². The van der Waals surface area contributed by atoms with Crippen LogP contribution >= 0.6 is 24.0 Å². The minimum absolute atomic E-state index is 0. The van der Waals surface area contributed by atoms with Crippen molar-refractivity contribution in [2.24, 2.45) is 0 Å². The van der Waals surface area contributed by atoms with Crippen LogP contribution in [0.2, 0.25) is 0 Å². The first-order chi connectivity index (χ1) is 2.89. The summed E-state index contributed by atoms with van der Waals surface area (Å²) >= 11 is 0. The fraction of sp³-hybridized carbons (Fsp3) is 1.00. The van der Waals surface area contributed by atoms with Crippen molar-refractivity contribution >= 4 is 24.0 Å². The van der Waals surface area contributed by atoms with Crippen molar-refractivity contribution < 1.29 is 4.74 Å². The molecule has 1 atom stereocenters. The van der Waals surface area contributed by atoms with Crippen molar-refractivity contribution in [3.8, 4) is 0 Å². The number of ether oxygens (including phenoxy) is 1. The molecule has 1 aliphatic heterocycles. The minimum Gasteiger partial charge on any atom is -0.379 e. The van der Waals surface area contributed by atoms with Crippen molar-refractivity contribution in [1.29, 1.82) is 0 Å².